The Hall–Kier alpha value is -2.82. The normalized spacial score (nSPS) is 13.3. The summed E-state index contributed by atoms with van der Waals surface area (Å²) in [4.78, 5) is 20.6. The van der Waals surface area contributed by atoms with Crippen LogP contribution >= 0.6 is 0 Å². The van der Waals surface area contributed by atoms with Crippen molar-refractivity contribution in [2.75, 3.05) is 7.11 Å². The first kappa shape index (κ1) is 18.0. The van der Waals surface area contributed by atoms with Gasteiger partial charge in [-0.05, 0) is 35.7 Å². The summed E-state index contributed by atoms with van der Waals surface area (Å²) in [6.07, 6.45) is 1.28. The van der Waals surface area contributed by atoms with Gasteiger partial charge in [-0.3, -0.25) is 4.79 Å². The summed E-state index contributed by atoms with van der Waals surface area (Å²) in [7, 11) is 1.63. The number of nitrogens with zero attached hydrogens (tertiary/aromatic N) is 1. The molecule has 2 N–H and O–H groups in total. The number of para-hydroxylation sites is 2. The summed E-state index contributed by atoms with van der Waals surface area (Å²) in [6, 6.07) is 15.3. The van der Waals surface area contributed by atoms with E-state index in [9.17, 15) is 4.79 Å². The third kappa shape index (κ3) is 4.04. The summed E-state index contributed by atoms with van der Waals surface area (Å²) in [5, 5.41) is 3.16. The van der Waals surface area contributed by atoms with Crippen LogP contribution in [0.1, 0.15) is 37.7 Å². The number of imidazole rings is 1. The van der Waals surface area contributed by atoms with Gasteiger partial charge in [-0.2, -0.15) is 0 Å². The van der Waals surface area contributed by atoms with Crippen LogP contribution in [-0.2, 0) is 11.2 Å². The van der Waals surface area contributed by atoms with E-state index in [1.807, 2.05) is 48.5 Å². The van der Waals surface area contributed by atoms with Crippen molar-refractivity contribution in [2.45, 2.75) is 32.7 Å². The van der Waals surface area contributed by atoms with Crippen molar-refractivity contribution in [1.29, 1.82) is 0 Å². The molecule has 3 aromatic rings. The summed E-state index contributed by atoms with van der Waals surface area (Å²) in [6.45, 7) is 4.25. The van der Waals surface area contributed by atoms with Crippen molar-refractivity contribution in [3.63, 3.8) is 0 Å². The number of carbonyl (C=O) groups is 1. The van der Waals surface area contributed by atoms with Gasteiger partial charge in [0.2, 0.25) is 5.91 Å². The van der Waals surface area contributed by atoms with E-state index in [-0.39, 0.29) is 17.9 Å². The Morgan fingerprint density at radius 1 is 1.19 bits per heavy atom. The maximum atomic E-state index is 12.6. The van der Waals surface area contributed by atoms with Gasteiger partial charge in [0.1, 0.15) is 11.6 Å². The summed E-state index contributed by atoms with van der Waals surface area (Å²) < 4.78 is 5.16. The monoisotopic (exact) mass is 351 g/mol. The van der Waals surface area contributed by atoms with Crippen molar-refractivity contribution in [3.05, 3.63) is 59.9 Å². The van der Waals surface area contributed by atoms with Crippen LogP contribution < -0.4 is 10.1 Å². The average Bonchev–Trinajstić information content (AvgIpc) is 3.10. The van der Waals surface area contributed by atoms with E-state index >= 15 is 0 Å². The molecule has 0 aliphatic rings. The number of aromatic amines is 1. The molecule has 0 spiro atoms. The van der Waals surface area contributed by atoms with Gasteiger partial charge >= 0.3 is 0 Å². The van der Waals surface area contributed by atoms with Crippen LogP contribution in [0.2, 0.25) is 0 Å². The highest BCUT2D eigenvalue weighted by atomic mass is 16.5. The van der Waals surface area contributed by atoms with Crippen molar-refractivity contribution >= 4 is 16.9 Å². The van der Waals surface area contributed by atoms with Crippen LogP contribution in [0.4, 0.5) is 0 Å². The van der Waals surface area contributed by atoms with Crippen LogP contribution in [0.5, 0.6) is 5.75 Å². The zero-order valence-electron chi connectivity index (χ0n) is 15.5. The summed E-state index contributed by atoms with van der Waals surface area (Å²) >= 11 is 0. The number of aromatic nitrogens is 2. The highest BCUT2D eigenvalue weighted by molar-refractivity contribution is 5.79. The van der Waals surface area contributed by atoms with Crippen LogP contribution in [0, 0.1) is 5.92 Å². The second-order valence-corrected chi connectivity index (χ2v) is 6.59. The van der Waals surface area contributed by atoms with E-state index in [0.717, 1.165) is 34.6 Å². The van der Waals surface area contributed by atoms with Gasteiger partial charge in [0, 0.05) is 0 Å². The molecule has 2 aromatic carbocycles. The number of rotatable bonds is 7. The lowest BCUT2D eigenvalue weighted by Gasteiger charge is -2.22. The van der Waals surface area contributed by atoms with Gasteiger partial charge in [0.05, 0.1) is 30.6 Å². The number of methoxy groups -OCH3 is 1. The lowest BCUT2D eigenvalue weighted by molar-refractivity contribution is -0.121. The summed E-state index contributed by atoms with van der Waals surface area (Å²) in [5.74, 6) is 1.86. The highest BCUT2D eigenvalue weighted by Gasteiger charge is 2.23. The molecule has 0 bridgehead atoms. The first-order valence-corrected chi connectivity index (χ1v) is 8.97. The van der Waals surface area contributed by atoms with Crippen molar-refractivity contribution in [1.82, 2.24) is 15.3 Å². The van der Waals surface area contributed by atoms with E-state index < -0.39 is 0 Å². The maximum absolute atomic E-state index is 12.6. The number of hydrogen-bond acceptors (Lipinski definition) is 3. The molecule has 26 heavy (non-hydrogen) atoms. The number of ether oxygens (including phenoxy) is 1. The molecule has 0 radical (unpaired) electrons. The first-order valence-electron chi connectivity index (χ1n) is 8.97. The van der Waals surface area contributed by atoms with E-state index in [1.54, 1.807) is 7.11 Å². The van der Waals surface area contributed by atoms with Crippen molar-refractivity contribution in [3.8, 4) is 5.75 Å². The molecule has 1 aromatic heterocycles. The summed E-state index contributed by atoms with van der Waals surface area (Å²) in [5.41, 5.74) is 2.86. The fraction of sp³-hybridized carbons (Fsp3) is 0.333. The quantitative estimate of drug-likeness (QED) is 0.676. The average molecular weight is 351 g/mol. The Bertz CT molecular complexity index is 837. The molecule has 0 fully saturated rings. The molecule has 2 unspecified atom stereocenters. The maximum Gasteiger partial charge on any atom is 0.225 e. The number of benzene rings is 2. The van der Waals surface area contributed by atoms with E-state index in [2.05, 4.69) is 29.1 Å². The number of H-pyrrole nitrogens is 1. The van der Waals surface area contributed by atoms with Gasteiger partial charge in [-0.1, -0.05) is 44.5 Å². The minimum atomic E-state index is -0.141. The molecule has 0 aliphatic carbocycles. The van der Waals surface area contributed by atoms with Crippen LogP contribution in [0.25, 0.3) is 11.0 Å². The Kier molecular flexibility index (Phi) is 5.56. The van der Waals surface area contributed by atoms with Crippen LogP contribution in [-0.4, -0.2) is 23.0 Å². The number of fused-ring (bicyclic) bond motifs is 1. The minimum Gasteiger partial charge on any atom is -0.497 e. The largest absolute Gasteiger partial charge is 0.497 e. The standard InChI is InChI=1S/C21H25N3O2/c1-4-14(2)20(21-22-17-7-5-6-8-18(17)23-21)24-19(25)13-15-9-11-16(26-3)12-10-15/h5-12,14,20H,4,13H2,1-3H3,(H,22,23)(H,24,25). The molecule has 1 amide bonds. The zero-order chi connectivity index (χ0) is 18.5. The Morgan fingerprint density at radius 2 is 1.92 bits per heavy atom. The second kappa shape index (κ2) is 8.04. The van der Waals surface area contributed by atoms with E-state index in [4.69, 9.17) is 4.74 Å². The number of amides is 1. The number of nitrogens with one attached hydrogen (secondary N) is 2. The molecule has 2 atom stereocenters. The molecule has 0 aliphatic heterocycles. The fourth-order valence-electron chi connectivity index (χ4n) is 2.99. The lowest BCUT2D eigenvalue weighted by Crippen LogP contribution is -2.34. The third-order valence-corrected chi connectivity index (χ3v) is 4.76. The van der Waals surface area contributed by atoms with E-state index in [1.165, 1.54) is 0 Å². The Balaban J connectivity index is 1.76. The lowest BCUT2D eigenvalue weighted by atomic mass is 9.98. The SMILES string of the molecule is CCC(C)C(NC(=O)Cc1ccc(OC)cc1)c1nc2ccccc2[nH]1. The highest BCUT2D eigenvalue weighted by Crippen LogP contribution is 2.24. The van der Waals surface area contributed by atoms with Gasteiger partial charge in [0.25, 0.3) is 0 Å². The predicted molar refractivity (Wildman–Crippen MR) is 103 cm³/mol. The molecule has 0 saturated carbocycles. The predicted octanol–water partition coefficient (Wildman–Crippen LogP) is 4.02. The molecule has 3 rings (SSSR count). The van der Waals surface area contributed by atoms with Gasteiger partial charge < -0.3 is 15.0 Å². The number of hydrogen-bond donors (Lipinski definition) is 2. The number of carbonyl (C=O) groups excluding carboxylic acids is 1. The zero-order valence-corrected chi connectivity index (χ0v) is 15.5. The van der Waals surface area contributed by atoms with Gasteiger partial charge in [0.15, 0.2) is 0 Å². The fourth-order valence-corrected chi connectivity index (χ4v) is 2.99. The molecule has 1 heterocycles. The molecule has 136 valence electrons. The van der Waals surface area contributed by atoms with Gasteiger partial charge in [-0.15, -0.1) is 0 Å². The topological polar surface area (TPSA) is 67.0 Å². The van der Waals surface area contributed by atoms with E-state index in [0.29, 0.717) is 6.42 Å². The first-order chi connectivity index (χ1) is 12.6. The smallest absolute Gasteiger partial charge is 0.225 e. The van der Waals surface area contributed by atoms with Crippen LogP contribution in [0.3, 0.4) is 0 Å². The molecule has 5 nitrogen and oxygen atoms in total. The van der Waals surface area contributed by atoms with Crippen molar-refractivity contribution in [2.24, 2.45) is 5.92 Å². The minimum absolute atomic E-state index is 0.0130. The van der Waals surface area contributed by atoms with Crippen LogP contribution in [0.15, 0.2) is 48.5 Å². The second-order valence-electron chi connectivity index (χ2n) is 6.59. The molecular formula is C21H25N3O2. The Morgan fingerprint density at radius 3 is 2.58 bits per heavy atom. The molecule has 0 saturated heterocycles. The third-order valence-electron chi connectivity index (χ3n) is 4.76. The Labute approximate surface area is 153 Å². The molecular weight excluding hydrogens is 326 g/mol. The van der Waals surface area contributed by atoms with Gasteiger partial charge in [-0.25, -0.2) is 4.98 Å². The van der Waals surface area contributed by atoms with Crippen molar-refractivity contribution < 1.29 is 9.53 Å². The molecule has 5 heteroatoms.